The van der Waals surface area contributed by atoms with Crippen molar-refractivity contribution in [2.24, 2.45) is 23.2 Å². The van der Waals surface area contributed by atoms with Crippen LogP contribution in [0.5, 0.6) is 0 Å². The van der Waals surface area contributed by atoms with Crippen LogP contribution in [0.2, 0.25) is 0 Å². The number of likely N-dealkylation sites (N-methyl/N-ethyl adjacent to an activating group) is 1. The van der Waals surface area contributed by atoms with Crippen LogP contribution in [-0.4, -0.2) is 30.9 Å². The zero-order chi connectivity index (χ0) is 17.4. The van der Waals surface area contributed by atoms with Gasteiger partial charge in [-0.2, -0.15) is 0 Å². The van der Waals surface area contributed by atoms with E-state index in [4.69, 9.17) is 0 Å². The molecular weight excluding hydrogens is 308 g/mol. The molecule has 1 amide bonds. The van der Waals surface area contributed by atoms with Gasteiger partial charge in [-0.25, -0.2) is 0 Å². The number of benzene rings is 1. The smallest absolute Gasteiger partial charge is 0.234 e. The zero-order valence-corrected chi connectivity index (χ0v) is 15.8. The molecule has 25 heavy (non-hydrogen) atoms. The fourth-order valence-electron chi connectivity index (χ4n) is 6.23. The van der Waals surface area contributed by atoms with Crippen LogP contribution >= 0.6 is 0 Å². The molecule has 3 heteroatoms. The predicted molar refractivity (Wildman–Crippen MR) is 101 cm³/mol. The molecule has 0 radical (unpaired) electrons. The summed E-state index contributed by atoms with van der Waals surface area (Å²) in [5, 5.41) is 3.29. The SMILES string of the molecule is Cc1ccccc1CN(C)CC(=O)NCC12CC3CC(CC(C3)C1)C2. The molecule has 4 aliphatic carbocycles. The Morgan fingerprint density at radius 3 is 2.32 bits per heavy atom. The van der Waals surface area contributed by atoms with E-state index in [1.54, 1.807) is 0 Å². The third-order valence-electron chi connectivity index (χ3n) is 6.94. The molecule has 0 aliphatic heterocycles. The van der Waals surface area contributed by atoms with Crippen molar-refractivity contribution in [1.29, 1.82) is 0 Å². The van der Waals surface area contributed by atoms with E-state index in [0.717, 1.165) is 30.8 Å². The molecule has 3 nitrogen and oxygen atoms in total. The van der Waals surface area contributed by atoms with Crippen molar-refractivity contribution in [2.75, 3.05) is 20.1 Å². The molecule has 4 bridgehead atoms. The topological polar surface area (TPSA) is 32.3 Å². The molecule has 0 atom stereocenters. The Balaban J connectivity index is 1.27. The summed E-state index contributed by atoms with van der Waals surface area (Å²) >= 11 is 0. The first-order valence-electron chi connectivity index (χ1n) is 10.0. The number of carbonyl (C=O) groups excluding carboxylic acids is 1. The molecule has 1 aromatic rings. The molecule has 5 rings (SSSR count). The van der Waals surface area contributed by atoms with E-state index < -0.39 is 0 Å². The Kier molecular flexibility index (Phi) is 4.61. The molecule has 4 saturated carbocycles. The van der Waals surface area contributed by atoms with Crippen LogP contribution in [0, 0.1) is 30.1 Å². The van der Waals surface area contributed by atoms with Gasteiger partial charge in [0.15, 0.2) is 0 Å². The maximum atomic E-state index is 12.5. The lowest BCUT2D eigenvalue weighted by molar-refractivity contribution is -0.124. The normalized spacial score (nSPS) is 33.0. The van der Waals surface area contributed by atoms with Crippen molar-refractivity contribution < 1.29 is 4.79 Å². The summed E-state index contributed by atoms with van der Waals surface area (Å²) in [5.74, 6) is 3.04. The van der Waals surface area contributed by atoms with Gasteiger partial charge in [0.2, 0.25) is 5.91 Å². The highest BCUT2D eigenvalue weighted by atomic mass is 16.2. The summed E-state index contributed by atoms with van der Waals surface area (Å²) in [7, 11) is 2.04. The number of hydrogen-bond acceptors (Lipinski definition) is 2. The van der Waals surface area contributed by atoms with Gasteiger partial charge in [0, 0.05) is 13.1 Å². The fraction of sp³-hybridized carbons (Fsp3) is 0.682. The number of hydrogen-bond donors (Lipinski definition) is 1. The molecule has 0 saturated heterocycles. The van der Waals surface area contributed by atoms with Crippen molar-refractivity contribution in [3.63, 3.8) is 0 Å². The number of aryl methyl sites for hydroxylation is 1. The lowest BCUT2D eigenvalue weighted by Gasteiger charge is -2.56. The van der Waals surface area contributed by atoms with E-state index in [0.29, 0.717) is 12.0 Å². The summed E-state index contributed by atoms with van der Waals surface area (Å²) in [4.78, 5) is 14.6. The first kappa shape index (κ1) is 17.1. The highest BCUT2D eigenvalue weighted by molar-refractivity contribution is 5.78. The number of carbonyl (C=O) groups is 1. The largest absolute Gasteiger partial charge is 0.354 e. The fourth-order valence-corrected chi connectivity index (χ4v) is 6.23. The summed E-state index contributed by atoms with van der Waals surface area (Å²) in [6, 6.07) is 8.43. The second-order valence-corrected chi connectivity index (χ2v) is 9.29. The Morgan fingerprint density at radius 2 is 1.72 bits per heavy atom. The number of amides is 1. The first-order valence-corrected chi connectivity index (χ1v) is 10.0. The summed E-state index contributed by atoms with van der Waals surface area (Å²) < 4.78 is 0. The minimum absolute atomic E-state index is 0.187. The average molecular weight is 341 g/mol. The third-order valence-corrected chi connectivity index (χ3v) is 6.94. The molecule has 0 spiro atoms. The molecule has 136 valence electrons. The Morgan fingerprint density at radius 1 is 1.12 bits per heavy atom. The van der Waals surface area contributed by atoms with E-state index in [9.17, 15) is 4.79 Å². The van der Waals surface area contributed by atoms with Crippen molar-refractivity contribution in [3.8, 4) is 0 Å². The Labute approximate surface area is 152 Å². The van der Waals surface area contributed by atoms with Crippen molar-refractivity contribution in [3.05, 3.63) is 35.4 Å². The number of nitrogens with one attached hydrogen (secondary N) is 1. The molecule has 4 aliphatic rings. The second kappa shape index (κ2) is 6.75. The number of rotatable bonds is 6. The van der Waals surface area contributed by atoms with Crippen LogP contribution in [0.15, 0.2) is 24.3 Å². The Hall–Kier alpha value is -1.35. The van der Waals surface area contributed by atoms with Gasteiger partial charge in [0.05, 0.1) is 6.54 Å². The molecule has 4 fully saturated rings. The van der Waals surface area contributed by atoms with Crippen LogP contribution in [0.4, 0.5) is 0 Å². The molecule has 0 heterocycles. The van der Waals surface area contributed by atoms with Gasteiger partial charge in [-0.3, -0.25) is 9.69 Å². The van der Waals surface area contributed by atoms with Gasteiger partial charge in [0.25, 0.3) is 0 Å². The lowest BCUT2D eigenvalue weighted by atomic mass is 9.49. The van der Waals surface area contributed by atoms with Gasteiger partial charge in [-0.1, -0.05) is 24.3 Å². The van der Waals surface area contributed by atoms with E-state index in [-0.39, 0.29) is 5.91 Å². The van der Waals surface area contributed by atoms with E-state index >= 15 is 0 Å². The van der Waals surface area contributed by atoms with Crippen LogP contribution in [-0.2, 0) is 11.3 Å². The van der Waals surface area contributed by atoms with Gasteiger partial charge < -0.3 is 5.32 Å². The van der Waals surface area contributed by atoms with Crippen LogP contribution in [0.25, 0.3) is 0 Å². The summed E-state index contributed by atoms with van der Waals surface area (Å²) in [6.45, 7) is 4.36. The third kappa shape index (κ3) is 3.76. The van der Waals surface area contributed by atoms with Crippen molar-refractivity contribution >= 4 is 5.91 Å². The second-order valence-electron chi connectivity index (χ2n) is 9.29. The van der Waals surface area contributed by atoms with Gasteiger partial charge in [-0.15, -0.1) is 0 Å². The first-order chi connectivity index (χ1) is 12.0. The molecule has 0 aromatic heterocycles. The van der Waals surface area contributed by atoms with Crippen LogP contribution in [0.1, 0.15) is 49.7 Å². The van der Waals surface area contributed by atoms with Crippen LogP contribution in [0.3, 0.4) is 0 Å². The maximum absolute atomic E-state index is 12.5. The van der Waals surface area contributed by atoms with E-state index in [2.05, 4.69) is 41.4 Å². The minimum Gasteiger partial charge on any atom is -0.354 e. The predicted octanol–water partition coefficient (Wildman–Crippen LogP) is 3.76. The Bertz CT molecular complexity index is 603. The zero-order valence-electron chi connectivity index (χ0n) is 15.8. The lowest BCUT2D eigenvalue weighted by Crippen LogP contribution is -2.51. The highest BCUT2D eigenvalue weighted by Crippen LogP contribution is 2.59. The summed E-state index contributed by atoms with van der Waals surface area (Å²) in [5.41, 5.74) is 3.03. The molecular formula is C22H32N2O. The molecule has 1 N–H and O–H groups in total. The maximum Gasteiger partial charge on any atom is 0.234 e. The molecule has 0 unspecified atom stereocenters. The van der Waals surface area contributed by atoms with Crippen molar-refractivity contribution in [2.45, 2.75) is 52.0 Å². The van der Waals surface area contributed by atoms with Crippen molar-refractivity contribution in [1.82, 2.24) is 10.2 Å². The van der Waals surface area contributed by atoms with Crippen LogP contribution < -0.4 is 5.32 Å². The van der Waals surface area contributed by atoms with E-state index in [1.165, 1.54) is 49.7 Å². The van der Waals surface area contributed by atoms with Gasteiger partial charge >= 0.3 is 0 Å². The minimum atomic E-state index is 0.187. The standard InChI is InChI=1S/C22H32N2O/c1-16-5-3-4-6-20(16)13-24(2)14-21(25)23-15-22-10-17-7-18(11-22)9-19(8-17)12-22/h3-6,17-19H,7-15H2,1-2H3,(H,23,25). The highest BCUT2D eigenvalue weighted by Gasteiger charge is 2.50. The van der Waals surface area contributed by atoms with Gasteiger partial charge in [-0.05, 0) is 86.8 Å². The summed E-state index contributed by atoms with van der Waals surface area (Å²) in [6.07, 6.45) is 8.47. The number of nitrogens with zero attached hydrogens (tertiary/aromatic N) is 1. The monoisotopic (exact) mass is 340 g/mol. The molecule has 1 aromatic carbocycles. The quantitative estimate of drug-likeness (QED) is 0.855. The van der Waals surface area contributed by atoms with E-state index in [1.807, 2.05) is 7.05 Å². The van der Waals surface area contributed by atoms with Gasteiger partial charge in [0.1, 0.15) is 0 Å². The average Bonchev–Trinajstić information content (AvgIpc) is 2.54.